The van der Waals surface area contributed by atoms with Crippen molar-refractivity contribution in [2.45, 2.75) is 20.8 Å². The lowest BCUT2D eigenvalue weighted by molar-refractivity contribution is 1.13. The van der Waals surface area contributed by atoms with Gasteiger partial charge in [-0.15, -0.1) is 0 Å². The maximum absolute atomic E-state index is 2.66. The van der Waals surface area contributed by atoms with Gasteiger partial charge in [0.1, 0.15) is 0 Å². The highest BCUT2D eigenvalue weighted by Crippen LogP contribution is 2.45. The van der Waals surface area contributed by atoms with E-state index in [0.717, 1.165) is 0 Å². The number of nitrogens with zero attached hydrogens (tertiary/aromatic N) is 2. The Balaban J connectivity index is 1.51. The van der Waals surface area contributed by atoms with E-state index in [2.05, 4.69) is 127 Å². The summed E-state index contributed by atoms with van der Waals surface area (Å²) in [6, 6.07) is 36.3. The van der Waals surface area contributed by atoms with E-state index in [4.69, 9.17) is 0 Å². The molecule has 5 aromatic carbocycles. The average Bonchev–Trinajstić information content (AvgIpc) is 3.43. The van der Waals surface area contributed by atoms with Crippen molar-refractivity contribution in [3.63, 3.8) is 0 Å². The molecule has 4 heterocycles. The number of fused-ring (bicyclic) bond motifs is 7. The summed E-state index contributed by atoms with van der Waals surface area (Å²) in [6.45, 7) is 6.97. The van der Waals surface area contributed by atoms with Crippen LogP contribution in [0.5, 0.6) is 0 Å². The fraction of sp³-hybridized carbons (Fsp3) is 0.0857. The number of para-hydroxylation sites is 3. The van der Waals surface area contributed by atoms with Crippen LogP contribution in [0.2, 0.25) is 0 Å². The maximum Gasteiger partial charge on any atom is 0.332 e. The summed E-state index contributed by atoms with van der Waals surface area (Å²) in [6.07, 6.45) is 0. The molecule has 0 bridgehead atoms. The fourth-order valence-electron chi connectivity index (χ4n) is 7.76. The van der Waals surface area contributed by atoms with Gasteiger partial charge in [0.2, 0.25) is 0 Å². The van der Waals surface area contributed by atoms with Gasteiger partial charge in [-0.05, 0) is 66.1 Å². The molecule has 0 atom stereocenters. The van der Waals surface area contributed by atoms with Gasteiger partial charge in [0.25, 0.3) is 0 Å². The van der Waals surface area contributed by atoms with Crippen LogP contribution in [0.4, 0.5) is 0 Å². The highest BCUT2D eigenvalue weighted by atomic mass is 15.0. The van der Waals surface area contributed by atoms with Gasteiger partial charge in [-0.3, -0.25) is 0 Å². The van der Waals surface area contributed by atoms with Crippen LogP contribution in [0.3, 0.4) is 0 Å². The van der Waals surface area contributed by atoms with E-state index in [1.54, 1.807) is 0 Å². The minimum Gasteiger partial charge on any atom is -0.379 e. The molecule has 0 fully saturated rings. The molecule has 0 radical (unpaired) electrons. The Hall–Kier alpha value is -4.50. The van der Waals surface area contributed by atoms with Gasteiger partial charge >= 0.3 is 6.85 Å². The highest BCUT2D eigenvalue weighted by Gasteiger charge is 2.41. The molecule has 0 N–H and O–H groups in total. The van der Waals surface area contributed by atoms with Gasteiger partial charge in [0.05, 0.1) is 11.0 Å². The van der Waals surface area contributed by atoms with E-state index >= 15 is 0 Å². The van der Waals surface area contributed by atoms with E-state index in [1.807, 2.05) is 0 Å². The molecule has 2 aliphatic heterocycles. The topological polar surface area (TPSA) is 9.86 Å². The molecule has 178 valence electrons. The van der Waals surface area contributed by atoms with Gasteiger partial charge in [-0.1, -0.05) is 84.9 Å². The standard InChI is InChI=1S/C35H25BN2/c1-20-10-6-11-21(2)31(20)32-22(3)38-34-26(14-7-16-27(32)34)24-13-9-19-30-33(24)36(38)28-17-8-15-25-23-12-4-5-18-29(23)37(30)35(25)28/h4-19H,1-3H3. The minimum atomic E-state index is 0.136. The van der Waals surface area contributed by atoms with Gasteiger partial charge in [0.15, 0.2) is 0 Å². The normalized spacial score (nSPS) is 13.1. The molecule has 7 aromatic rings. The van der Waals surface area contributed by atoms with Crippen molar-refractivity contribution in [1.82, 2.24) is 9.05 Å². The second kappa shape index (κ2) is 6.87. The lowest BCUT2D eigenvalue weighted by Gasteiger charge is -2.34. The third kappa shape index (κ3) is 2.24. The zero-order valence-corrected chi connectivity index (χ0v) is 21.7. The van der Waals surface area contributed by atoms with Crippen molar-refractivity contribution in [2.24, 2.45) is 0 Å². The lowest BCUT2D eigenvalue weighted by Crippen LogP contribution is -2.55. The zero-order valence-electron chi connectivity index (χ0n) is 21.7. The third-order valence-electron chi connectivity index (χ3n) is 9.17. The van der Waals surface area contributed by atoms with Crippen LogP contribution >= 0.6 is 0 Å². The molecule has 38 heavy (non-hydrogen) atoms. The predicted octanol–water partition coefficient (Wildman–Crippen LogP) is 7.28. The quantitative estimate of drug-likeness (QED) is 0.217. The summed E-state index contributed by atoms with van der Waals surface area (Å²) in [5.74, 6) is 0. The van der Waals surface area contributed by atoms with Crippen molar-refractivity contribution in [3.05, 3.63) is 114 Å². The monoisotopic (exact) mass is 484 g/mol. The Morgan fingerprint density at radius 2 is 1.24 bits per heavy atom. The van der Waals surface area contributed by atoms with E-state index < -0.39 is 0 Å². The molecule has 0 saturated heterocycles. The molecule has 3 heteroatoms. The van der Waals surface area contributed by atoms with E-state index in [-0.39, 0.29) is 6.85 Å². The molecule has 2 nitrogen and oxygen atoms in total. The first-order chi connectivity index (χ1) is 18.6. The summed E-state index contributed by atoms with van der Waals surface area (Å²) in [7, 11) is 0. The summed E-state index contributed by atoms with van der Waals surface area (Å²) in [5, 5.41) is 4.01. The van der Waals surface area contributed by atoms with Crippen molar-refractivity contribution in [2.75, 3.05) is 0 Å². The molecule has 9 rings (SSSR count). The largest absolute Gasteiger partial charge is 0.379 e. The van der Waals surface area contributed by atoms with Gasteiger partial charge in [-0.2, -0.15) is 0 Å². The predicted molar refractivity (Wildman–Crippen MR) is 162 cm³/mol. The van der Waals surface area contributed by atoms with Crippen LogP contribution < -0.4 is 10.9 Å². The summed E-state index contributed by atoms with van der Waals surface area (Å²) < 4.78 is 5.18. The fourth-order valence-corrected chi connectivity index (χ4v) is 7.76. The Labute approximate surface area is 221 Å². The van der Waals surface area contributed by atoms with Crippen LogP contribution in [-0.2, 0) is 0 Å². The number of aryl methyl sites for hydroxylation is 2. The smallest absolute Gasteiger partial charge is 0.332 e. The van der Waals surface area contributed by atoms with E-state index in [0.29, 0.717) is 0 Å². The third-order valence-corrected chi connectivity index (χ3v) is 9.17. The Morgan fingerprint density at radius 1 is 0.553 bits per heavy atom. The molecule has 0 aliphatic carbocycles. The van der Waals surface area contributed by atoms with Crippen molar-refractivity contribution >= 4 is 50.5 Å². The molecular weight excluding hydrogens is 459 g/mol. The van der Waals surface area contributed by atoms with E-state index in [9.17, 15) is 0 Å². The van der Waals surface area contributed by atoms with Crippen LogP contribution in [0.15, 0.2) is 97.1 Å². The van der Waals surface area contributed by atoms with Crippen LogP contribution in [-0.4, -0.2) is 15.9 Å². The summed E-state index contributed by atoms with van der Waals surface area (Å²) >= 11 is 0. The minimum absolute atomic E-state index is 0.136. The van der Waals surface area contributed by atoms with Gasteiger partial charge in [-0.25, -0.2) is 0 Å². The van der Waals surface area contributed by atoms with Crippen molar-refractivity contribution < 1.29 is 0 Å². The number of benzene rings is 5. The molecule has 0 spiro atoms. The van der Waals surface area contributed by atoms with E-state index in [1.165, 1.54) is 88.4 Å². The highest BCUT2D eigenvalue weighted by molar-refractivity contribution is 6.89. The average molecular weight is 484 g/mol. The van der Waals surface area contributed by atoms with Crippen LogP contribution in [0.1, 0.15) is 16.8 Å². The number of hydrogen-bond donors (Lipinski definition) is 0. The first-order valence-electron chi connectivity index (χ1n) is 13.5. The molecule has 0 amide bonds. The molecule has 2 aromatic heterocycles. The first-order valence-corrected chi connectivity index (χ1v) is 13.5. The van der Waals surface area contributed by atoms with Gasteiger partial charge in [0, 0.05) is 44.2 Å². The Morgan fingerprint density at radius 3 is 2.11 bits per heavy atom. The Kier molecular flexibility index (Phi) is 3.72. The summed E-state index contributed by atoms with van der Waals surface area (Å²) in [5.41, 5.74) is 17.6. The molecule has 2 aliphatic rings. The number of rotatable bonds is 1. The van der Waals surface area contributed by atoms with Crippen molar-refractivity contribution in [3.8, 4) is 27.9 Å². The number of hydrogen-bond acceptors (Lipinski definition) is 0. The van der Waals surface area contributed by atoms with Crippen LogP contribution in [0, 0.1) is 20.8 Å². The van der Waals surface area contributed by atoms with Gasteiger partial charge < -0.3 is 9.05 Å². The first kappa shape index (κ1) is 20.5. The van der Waals surface area contributed by atoms with Crippen LogP contribution in [0.25, 0.3) is 60.6 Å². The Bertz CT molecular complexity index is 2150. The lowest BCUT2D eigenvalue weighted by atomic mass is 9.45. The van der Waals surface area contributed by atoms with Crippen molar-refractivity contribution in [1.29, 1.82) is 0 Å². The molecular formula is C35H25BN2. The molecule has 0 unspecified atom stereocenters. The zero-order chi connectivity index (χ0) is 25.3. The second-order valence-corrected chi connectivity index (χ2v) is 11.0. The second-order valence-electron chi connectivity index (χ2n) is 11.0. The number of aromatic nitrogens is 2. The summed E-state index contributed by atoms with van der Waals surface area (Å²) in [4.78, 5) is 0. The SMILES string of the molecule is Cc1cccc(C)c1-c1c(C)n2c3c(cccc13)-c1cccc3c1B2c1cccc2c4ccccc4n-3c12. The maximum atomic E-state index is 2.66. The molecule has 0 saturated carbocycles.